The highest BCUT2D eigenvalue weighted by molar-refractivity contribution is 4.65. The van der Waals surface area contributed by atoms with Crippen molar-refractivity contribution in [1.82, 2.24) is 0 Å². The van der Waals surface area contributed by atoms with Crippen molar-refractivity contribution in [1.29, 1.82) is 0 Å². The van der Waals surface area contributed by atoms with Crippen molar-refractivity contribution < 1.29 is 19.7 Å². The molecule has 0 amide bonds. The lowest BCUT2D eigenvalue weighted by atomic mass is 10.1. The zero-order chi connectivity index (χ0) is 10.3. The highest BCUT2D eigenvalue weighted by Gasteiger charge is 2.20. The first-order chi connectivity index (χ1) is 6.19. The minimum absolute atomic E-state index is 0.0355. The lowest BCUT2D eigenvalue weighted by Crippen LogP contribution is -2.36. The summed E-state index contributed by atoms with van der Waals surface area (Å²) in [5, 5.41) is 17.8. The number of hydrogen-bond donors (Lipinski definition) is 3. The van der Waals surface area contributed by atoms with Crippen LogP contribution in [0.2, 0.25) is 0 Å². The molecule has 0 bridgehead atoms. The molecule has 0 rings (SSSR count). The third kappa shape index (κ3) is 4.54. The lowest BCUT2D eigenvalue weighted by molar-refractivity contribution is -0.173. The summed E-state index contributed by atoms with van der Waals surface area (Å²) in [6.07, 6.45) is -0.954. The Bertz CT molecular complexity index is 119. The molecule has 0 fully saturated rings. The van der Waals surface area contributed by atoms with Crippen LogP contribution < -0.4 is 5.73 Å². The molecule has 0 aliphatic heterocycles. The van der Waals surface area contributed by atoms with Gasteiger partial charge in [-0.25, -0.2) is 0 Å². The van der Waals surface area contributed by atoms with E-state index < -0.39 is 12.4 Å². The first-order valence-electron chi connectivity index (χ1n) is 4.29. The first kappa shape index (κ1) is 12.8. The molecule has 0 aromatic rings. The van der Waals surface area contributed by atoms with Crippen molar-refractivity contribution in [2.75, 3.05) is 26.9 Å². The summed E-state index contributed by atoms with van der Waals surface area (Å²) in [5.74, 6) is -0.130. The van der Waals surface area contributed by atoms with Gasteiger partial charge in [0.25, 0.3) is 0 Å². The SMILES string of the molecule is CO[C@@H](CN)OC(CO)[C@@H](C)CO. The van der Waals surface area contributed by atoms with Crippen LogP contribution in [0.15, 0.2) is 0 Å². The largest absolute Gasteiger partial charge is 0.396 e. The van der Waals surface area contributed by atoms with Gasteiger partial charge in [-0.05, 0) is 0 Å². The van der Waals surface area contributed by atoms with Crippen molar-refractivity contribution >= 4 is 0 Å². The van der Waals surface area contributed by atoms with Crippen molar-refractivity contribution in [2.45, 2.75) is 19.3 Å². The molecule has 0 aromatic carbocycles. The molecule has 5 nitrogen and oxygen atoms in total. The van der Waals surface area contributed by atoms with E-state index in [1.54, 1.807) is 6.92 Å². The number of ether oxygens (including phenoxy) is 2. The van der Waals surface area contributed by atoms with Gasteiger partial charge in [0.2, 0.25) is 0 Å². The van der Waals surface area contributed by atoms with Crippen LogP contribution in [0.4, 0.5) is 0 Å². The van der Waals surface area contributed by atoms with Crippen molar-refractivity contribution in [3.8, 4) is 0 Å². The second-order valence-electron chi connectivity index (χ2n) is 2.92. The fraction of sp³-hybridized carbons (Fsp3) is 1.00. The third-order valence-corrected chi connectivity index (χ3v) is 1.88. The molecule has 0 aromatic heterocycles. The molecule has 0 spiro atoms. The maximum atomic E-state index is 8.93. The van der Waals surface area contributed by atoms with Crippen LogP contribution >= 0.6 is 0 Å². The molecular formula is C8H19NO4. The van der Waals surface area contributed by atoms with E-state index in [2.05, 4.69) is 0 Å². The summed E-state index contributed by atoms with van der Waals surface area (Å²) < 4.78 is 10.2. The molecule has 0 saturated carbocycles. The van der Waals surface area contributed by atoms with Crippen LogP contribution in [0.25, 0.3) is 0 Å². The van der Waals surface area contributed by atoms with Gasteiger partial charge in [-0.3, -0.25) is 0 Å². The van der Waals surface area contributed by atoms with Crippen LogP contribution in [0.5, 0.6) is 0 Å². The second kappa shape index (κ2) is 7.23. The van der Waals surface area contributed by atoms with Gasteiger partial charge < -0.3 is 25.4 Å². The number of nitrogens with two attached hydrogens (primary N) is 1. The molecule has 4 N–H and O–H groups in total. The quantitative estimate of drug-likeness (QED) is 0.448. The van der Waals surface area contributed by atoms with E-state index in [-0.39, 0.29) is 25.7 Å². The molecule has 13 heavy (non-hydrogen) atoms. The molecule has 0 radical (unpaired) electrons. The van der Waals surface area contributed by atoms with Gasteiger partial charge in [-0.2, -0.15) is 0 Å². The topological polar surface area (TPSA) is 84.9 Å². The average Bonchev–Trinajstić information content (AvgIpc) is 2.19. The Morgan fingerprint density at radius 2 is 1.92 bits per heavy atom. The zero-order valence-corrected chi connectivity index (χ0v) is 8.14. The Labute approximate surface area is 78.4 Å². The summed E-state index contributed by atoms with van der Waals surface area (Å²) in [7, 11) is 1.48. The summed E-state index contributed by atoms with van der Waals surface area (Å²) in [6, 6.07) is 0. The molecule has 0 saturated heterocycles. The summed E-state index contributed by atoms with van der Waals surface area (Å²) in [5.41, 5.74) is 5.33. The van der Waals surface area contributed by atoms with Gasteiger partial charge in [0.1, 0.15) is 0 Å². The predicted molar refractivity (Wildman–Crippen MR) is 48.1 cm³/mol. The maximum Gasteiger partial charge on any atom is 0.169 e. The van der Waals surface area contributed by atoms with Crippen LogP contribution in [0, 0.1) is 5.92 Å². The van der Waals surface area contributed by atoms with Crippen molar-refractivity contribution in [3.63, 3.8) is 0 Å². The van der Waals surface area contributed by atoms with Gasteiger partial charge >= 0.3 is 0 Å². The minimum atomic E-state index is -0.522. The Kier molecular flexibility index (Phi) is 7.12. The number of hydrogen-bond acceptors (Lipinski definition) is 5. The summed E-state index contributed by atoms with van der Waals surface area (Å²) in [4.78, 5) is 0. The minimum Gasteiger partial charge on any atom is -0.396 e. The van der Waals surface area contributed by atoms with E-state index in [4.69, 9.17) is 25.4 Å². The fourth-order valence-corrected chi connectivity index (χ4v) is 0.877. The third-order valence-electron chi connectivity index (χ3n) is 1.88. The molecule has 0 aliphatic carbocycles. The van der Waals surface area contributed by atoms with Crippen LogP contribution in [0.1, 0.15) is 6.92 Å². The van der Waals surface area contributed by atoms with Gasteiger partial charge in [0, 0.05) is 26.2 Å². The van der Waals surface area contributed by atoms with E-state index in [9.17, 15) is 0 Å². The molecule has 80 valence electrons. The van der Waals surface area contributed by atoms with Crippen LogP contribution in [-0.2, 0) is 9.47 Å². The molecule has 3 atom stereocenters. The zero-order valence-electron chi connectivity index (χ0n) is 8.14. The molecule has 5 heteroatoms. The molecule has 1 unspecified atom stereocenters. The average molecular weight is 193 g/mol. The fourth-order valence-electron chi connectivity index (χ4n) is 0.877. The van der Waals surface area contributed by atoms with E-state index in [0.717, 1.165) is 0 Å². The summed E-state index contributed by atoms with van der Waals surface area (Å²) in [6.45, 7) is 1.82. The Hall–Kier alpha value is -0.200. The number of rotatable bonds is 7. The van der Waals surface area contributed by atoms with E-state index in [1.807, 2.05) is 0 Å². The smallest absolute Gasteiger partial charge is 0.169 e. The number of methoxy groups -OCH3 is 1. The highest BCUT2D eigenvalue weighted by atomic mass is 16.7. The van der Waals surface area contributed by atoms with Crippen LogP contribution in [0.3, 0.4) is 0 Å². The molecular weight excluding hydrogens is 174 g/mol. The predicted octanol–water partition coefficient (Wildman–Crippen LogP) is -1.08. The Morgan fingerprint density at radius 3 is 2.23 bits per heavy atom. The normalized spacial score (nSPS) is 18.2. The van der Waals surface area contributed by atoms with Gasteiger partial charge in [-0.15, -0.1) is 0 Å². The van der Waals surface area contributed by atoms with E-state index in [1.165, 1.54) is 7.11 Å². The monoisotopic (exact) mass is 193 g/mol. The maximum absolute atomic E-state index is 8.93. The standard InChI is InChI=1S/C8H19NO4/c1-6(4-10)7(5-11)13-8(3-9)12-2/h6-8,10-11H,3-5,9H2,1-2H3/t6-,7?,8+/m0/s1. The first-order valence-corrected chi connectivity index (χ1v) is 4.29. The lowest BCUT2D eigenvalue weighted by Gasteiger charge is -2.25. The van der Waals surface area contributed by atoms with Gasteiger partial charge in [-0.1, -0.05) is 6.92 Å². The van der Waals surface area contributed by atoms with E-state index in [0.29, 0.717) is 0 Å². The Balaban J connectivity index is 3.94. The van der Waals surface area contributed by atoms with Crippen molar-refractivity contribution in [2.24, 2.45) is 11.7 Å². The molecule has 0 heterocycles. The van der Waals surface area contributed by atoms with Crippen molar-refractivity contribution in [3.05, 3.63) is 0 Å². The van der Waals surface area contributed by atoms with E-state index >= 15 is 0 Å². The number of aliphatic hydroxyl groups is 2. The van der Waals surface area contributed by atoms with Crippen LogP contribution in [-0.4, -0.2) is 49.5 Å². The molecule has 0 aliphatic rings. The Morgan fingerprint density at radius 1 is 1.31 bits per heavy atom. The van der Waals surface area contributed by atoms with Gasteiger partial charge in [0.15, 0.2) is 6.29 Å². The highest BCUT2D eigenvalue weighted by Crippen LogP contribution is 2.08. The number of aliphatic hydroxyl groups excluding tert-OH is 2. The second-order valence-corrected chi connectivity index (χ2v) is 2.92. The summed E-state index contributed by atoms with van der Waals surface area (Å²) >= 11 is 0. The van der Waals surface area contributed by atoms with Gasteiger partial charge in [0.05, 0.1) is 12.7 Å².